The van der Waals surface area contributed by atoms with E-state index in [-0.39, 0.29) is 13.2 Å². The Morgan fingerprint density at radius 3 is 2.79 bits per heavy atom. The minimum atomic E-state index is -0.887. The summed E-state index contributed by atoms with van der Waals surface area (Å²) in [6, 6.07) is 5.27. The minimum Gasteiger partial charge on any atom is -0.487 e. The maximum Gasteiger partial charge on any atom is 0.156 e. The molecule has 4 N–H and O–H groups in total. The zero-order valence-corrected chi connectivity index (χ0v) is 9.07. The van der Waals surface area contributed by atoms with Gasteiger partial charge < -0.3 is 20.7 Å². The zero-order chi connectivity index (χ0) is 10.6. The first kappa shape index (κ1) is 11.3. The van der Waals surface area contributed by atoms with Gasteiger partial charge in [-0.25, -0.2) is 0 Å². The standard InChI is InChI=1S/C9H12BrNO3/c10-7-2-1-3-8(11)9(7)14-5-6(13)4-12/h1-3,6,12-13H,4-5,11H2. The van der Waals surface area contributed by atoms with E-state index in [0.717, 1.165) is 4.47 Å². The molecule has 0 radical (unpaired) electrons. The van der Waals surface area contributed by atoms with E-state index >= 15 is 0 Å². The molecular formula is C9H12BrNO3. The summed E-state index contributed by atoms with van der Waals surface area (Å²) >= 11 is 3.27. The lowest BCUT2D eigenvalue weighted by atomic mass is 10.3. The van der Waals surface area contributed by atoms with Gasteiger partial charge in [0.25, 0.3) is 0 Å². The average Bonchev–Trinajstić information content (AvgIpc) is 2.16. The van der Waals surface area contributed by atoms with Crippen LogP contribution in [0.3, 0.4) is 0 Å². The molecule has 0 aliphatic rings. The molecule has 5 heteroatoms. The van der Waals surface area contributed by atoms with Crippen LogP contribution in [-0.4, -0.2) is 29.5 Å². The Balaban J connectivity index is 2.66. The molecule has 0 aliphatic carbocycles. The highest BCUT2D eigenvalue weighted by Gasteiger charge is 2.08. The number of para-hydroxylation sites is 1. The maximum atomic E-state index is 9.07. The summed E-state index contributed by atoms with van der Waals surface area (Å²) in [5.41, 5.74) is 6.14. The van der Waals surface area contributed by atoms with Crippen molar-refractivity contribution in [3.05, 3.63) is 22.7 Å². The van der Waals surface area contributed by atoms with Crippen LogP contribution in [0.2, 0.25) is 0 Å². The first-order chi connectivity index (χ1) is 6.65. The number of hydrogen-bond acceptors (Lipinski definition) is 4. The van der Waals surface area contributed by atoms with E-state index in [9.17, 15) is 0 Å². The van der Waals surface area contributed by atoms with Gasteiger partial charge in [0, 0.05) is 0 Å². The maximum absolute atomic E-state index is 9.07. The van der Waals surface area contributed by atoms with E-state index in [1.807, 2.05) is 0 Å². The molecule has 1 aromatic carbocycles. The fourth-order valence-corrected chi connectivity index (χ4v) is 1.41. The molecule has 1 atom stereocenters. The lowest BCUT2D eigenvalue weighted by Gasteiger charge is -2.12. The van der Waals surface area contributed by atoms with Crippen LogP contribution in [0.15, 0.2) is 22.7 Å². The summed E-state index contributed by atoms with van der Waals surface area (Å²) in [6.45, 7) is -0.312. The highest BCUT2D eigenvalue weighted by molar-refractivity contribution is 9.10. The molecule has 0 saturated heterocycles. The molecule has 0 saturated carbocycles. The zero-order valence-electron chi connectivity index (χ0n) is 7.48. The van der Waals surface area contributed by atoms with Crippen LogP contribution in [0.5, 0.6) is 5.75 Å². The topological polar surface area (TPSA) is 75.7 Å². The van der Waals surface area contributed by atoms with Gasteiger partial charge >= 0.3 is 0 Å². The molecule has 1 unspecified atom stereocenters. The lowest BCUT2D eigenvalue weighted by molar-refractivity contribution is 0.0536. The van der Waals surface area contributed by atoms with Crippen molar-refractivity contribution in [1.29, 1.82) is 0 Å². The molecule has 0 aromatic heterocycles. The third-order valence-electron chi connectivity index (χ3n) is 1.63. The van der Waals surface area contributed by atoms with E-state index in [4.69, 9.17) is 20.7 Å². The minimum absolute atomic E-state index is 0.0172. The largest absolute Gasteiger partial charge is 0.487 e. The number of nitrogens with two attached hydrogens (primary N) is 1. The molecule has 0 fully saturated rings. The molecule has 14 heavy (non-hydrogen) atoms. The van der Waals surface area contributed by atoms with Crippen LogP contribution < -0.4 is 10.5 Å². The van der Waals surface area contributed by atoms with E-state index < -0.39 is 6.10 Å². The van der Waals surface area contributed by atoms with Gasteiger partial charge in [-0.15, -0.1) is 0 Å². The third kappa shape index (κ3) is 2.87. The Bertz CT molecular complexity index is 286. The van der Waals surface area contributed by atoms with Crippen molar-refractivity contribution in [2.75, 3.05) is 18.9 Å². The van der Waals surface area contributed by atoms with Gasteiger partial charge in [0.2, 0.25) is 0 Å². The Labute approximate surface area is 90.4 Å². The summed E-state index contributed by atoms with van der Waals surface area (Å²) in [5.74, 6) is 0.486. The number of benzene rings is 1. The number of nitrogen functional groups attached to an aromatic ring is 1. The molecule has 4 nitrogen and oxygen atoms in total. The SMILES string of the molecule is Nc1cccc(Br)c1OCC(O)CO. The number of rotatable bonds is 4. The summed E-state index contributed by atoms with van der Waals surface area (Å²) < 4.78 is 5.96. The second kappa shape index (κ2) is 5.19. The molecule has 1 aromatic rings. The van der Waals surface area contributed by atoms with E-state index in [2.05, 4.69) is 15.9 Å². The molecular weight excluding hydrogens is 250 g/mol. The molecule has 0 aliphatic heterocycles. The summed E-state index contributed by atoms with van der Waals surface area (Å²) in [5, 5.41) is 17.6. The van der Waals surface area contributed by atoms with Crippen molar-refractivity contribution < 1.29 is 14.9 Å². The highest BCUT2D eigenvalue weighted by atomic mass is 79.9. The Morgan fingerprint density at radius 2 is 2.21 bits per heavy atom. The fraction of sp³-hybridized carbons (Fsp3) is 0.333. The third-order valence-corrected chi connectivity index (χ3v) is 2.25. The average molecular weight is 262 g/mol. The molecule has 0 spiro atoms. The fourth-order valence-electron chi connectivity index (χ4n) is 0.910. The van der Waals surface area contributed by atoms with Crippen LogP contribution >= 0.6 is 15.9 Å². The van der Waals surface area contributed by atoms with Crippen molar-refractivity contribution in [3.63, 3.8) is 0 Å². The number of ether oxygens (including phenoxy) is 1. The first-order valence-corrected chi connectivity index (χ1v) is 4.90. The first-order valence-electron chi connectivity index (χ1n) is 4.11. The van der Waals surface area contributed by atoms with Gasteiger partial charge in [0.15, 0.2) is 5.75 Å². The van der Waals surface area contributed by atoms with Crippen LogP contribution in [0.1, 0.15) is 0 Å². The van der Waals surface area contributed by atoms with Gasteiger partial charge in [-0.2, -0.15) is 0 Å². The number of halogens is 1. The van der Waals surface area contributed by atoms with Crippen LogP contribution in [-0.2, 0) is 0 Å². The number of aliphatic hydroxyl groups is 2. The van der Waals surface area contributed by atoms with Crippen molar-refractivity contribution in [2.45, 2.75) is 6.10 Å². The van der Waals surface area contributed by atoms with Crippen molar-refractivity contribution in [2.24, 2.45) is 0 Å². The summed E-state index contributed by atoms with van der Waals surface area (Å²) in [4.78, 5) is 0. The van der Waals surface area contributed by atoms with Gasteiger partial charge in [0.05, 0.1) is 16.8 Å². The molecule has 1 rings (SSSR count). The Morgan fingerprint density at radius 1 is 1.50 bits per heavy atom. The molecule has 0 amide bonds. The Hall–Kier alpha value is -0.780. The number of anilines is 1. The van der Waals surface area contributed by atoms with Crippen molar-refractivity contribution >= 4 is 21.6 Å². The van der Waals surface area contributed by atoms with E-state index in [1.54, 1.807) is 18.2 Å². The van der Waals surface area contributed by atoms with E-state index in [1.165, 1.54) is 0 Å². The van der Waals surface area contributed by atoms with Gasteiger partial charge in [-0.1, -0.05) is 6.07 Å². The number of hydrogen-bond donors (Lipinski definition) is 3. The molecule has 0 heterocycles. The normalized spacial score (nSPS) is 12.5. The summed E-state index contributed by atoms with van der Waals surface area (Å²) in [6.07, 6.45) is -0.887. The van der Waals surface area contributed by atoms with Crippen LogP contribution in [0.25, 0.3) is 0 Å². The van der Waals surface area contributed by atoms with Crippen molar-refractivity contribution in [1.82, 2.24) is 0 Å². The lowest BCUT2D eigenvalue weighted by Crippen LogP contribution is -2.21. The predicted molar refractivity (Wildman–Crippen MR) is 57.1 cm³/mol. The van der Waals surface area contributed by atoms with Gasteiger partial charge in [-0.3, -0.25) is 0 Å². The van der Waals surface area contributed by atoms with Gasteiger partial charge in [0.1, 0.15) is 12.7 Å². The highest BCUT2D eigenvalue weighted by Crippen LogP contribution is 2.30. The summed E-state index contributed by atoms with van der Waals surface area (Å²) in [7, 11) is 0. The predicted octanol–water partition coefficient (Wildman–Crippen LogP) is 0.763. The van der Waals surface area contributed by atoms with E-state index in [0.29, 0.717) is 11.4 Å². The van der Waals surface area contributed by atoms with Crippen LogP contribution in [0, 0.1) is 0 Å². The Kier molecular flexibility index (Phi) is 4.19. The second-order valence-electron chi connectivity index (χ2n) is 2.81. The van der Waals surface area contributed by atoms with Gasteiger partial charge in [-0.05, 0) is 28.1 Å². The number of aliphatic hydroxyl groups excluding tert-OH is 2. The molecule has 0 bridgehead atoms. The molecule has 78 valence electrons. The van der Waals surface area contributed by atoms with Crippen molar-refractivity contribution in [3.8, 4) is 5.75 Å². The van der Waals surface area contributed by atoms with Crippen LogP contribution in [0.4, 0.5) is 5.69 Å². The second-order valence-corrected chi connectivity index (χ2v) is 3.66. The smallest absolute Gasteiger partial charge is 0.156 e. The monoisotopic (exact) mass is 261 g/mol. The quantitative estimate of drug-likeness (QED) is 0.700.